The Bertz CT molecular complexity index is 233. The number of carbonyl (C=O) groups is 1. The molecule has 60 valence electrons. The van der Waals surface area contributed by atoms with Crippen LogP contribution in [0.4, 0.5) is 0 Å². The predicted octanol–water partition coefficient (Wildman–Crippen LogP) is 0.494. The van der Waals surface area contributed by atoms with Crippen LogP contribution in [0.25, 0.3) is 0 Å². The first-order valence-electron chi connectivity index (χ1n) is 3.24. The van der Waals surface area contributed by atoms with Crippen LogP contribution in [0.15, 0.2) is 16.8 Å². The van der Waals surface area contributed by atoms with E-state index in [1.165, 1.54) is 0 Å². The quantitative estimate of drug-likeness (QED) is 0.693. The van der Waals surface area contributed by atoms with E-state index < -0.39 is 0 Å². The summed E-state index contributed by atoms with van der Waals surface area (Å²) in [5.74, 6) is -0.342. The van der Waals surface area contributed by atoms with E-state index in [0.717, 1.165) is 5.56 Å². The molecule has 0 radical (unpaired) electrons. The molecule has 0 saturated heterocycles. The Hall–Kier alpha value is -0.870. The first-order valence-corrected chi connectivity index (χ1v) is 4.18. The zero-order valence-electron chi connectivity index (χ0n) is 6.20. The fourth-order valence-electron chi connectivity index (χ4n) is 0.912. The van der Waals surface area contributed by atoms with Gasteiger partial charge in [-0.3, -0.25) is 4.79 Å². The lowest BCUT2D eigenvalue weighted by molar-refractivity contribution is -0.120. The van der Waals surface area contributed by atoms with Crippen molar-refractivity contribution in [2.75, 3.05) is 7.05 Å². The summed E-state index contributed by atoms with van der Waals surface area (Å²) in [7, 11) is 1.72. The molecule has 1 amide bonds. The highest BCUT2D eigenvalue weighted by atomic mass is 32.1. The fraction of sp³-hybridized carbons (Fsp3) is 0.286. The van der Waals surface area contributed by atoms with Gasteiger partial charge in [-0.1, -0.05) is 0 Å². The zero-order chi connectivity index (χ0) is 8.27. The third-order valence-electron chi connectivity index (χ3n) is 1.45. The molecule has 0 aliphatic heterocycles. The Morgan fingerprint density at radius 2 is 2.55 bits per heavy atom. The van der Waals surface area contributed by atoms with E-state index in [9.17, 15) is 4.79 Å². The van der Waals surface area contributed by atoms with E-state index in [0.29, 0.717) is 0 Å². The highest BCUT2D eigenvalue weighted by Crippen LogP contribution is 2.14. The number of amides is 1. The molecule has 3 N–H and O–H groups in total. The Balaban J connectivity index is 2.79. The van der Waals surface area contributed by atoms with Crippen molar-refractivity contribution in [2.45, 2.75) is 6.04 Å². The average Bonchev–Trinajstić information content (AvgIpc) is 2.40. The zero-order valence-corrected chi connectivity index (χ0v) is 7.02. The lowest BCUT2D eigenvalue weighted by Crippen LogP contribution is -2.30. The number of thiophene rings is 1. The molecule has 0 aliphatic carbocycles. The minimum absolute atomic E-state index is 0.342. The van der Waals surface area contributed by atoms with Gasteiger partial charge in [0.25, 0.3) is 0 Å². The topological polar surface area (TPSA) is 55.1 Å². The largest absolute Gasteiger partial charge is 0.368 e. The van der Waals surface area contributed by atoms with E-state index in [1.54, 1.807) is 18.4 Å². The number of primary amides is 1. The van der Waals surface area contributed by atoms with Crippen LogP contribution in [0.2, 0.25) is 0 Å². The molecule has 4 heteroatoms. The summed E-state index contributed by atoms with van der Waals surface area (Å²) in [6, 6.07) is 1.54. The van der Waals surface area contributed by atoms with Crippen LogP contribution >= 0.6 is 11.3 Å². The maximum atomic E-state index is 10.8. The standard InChI is InChI=1S/C7H10N2OS/c1-9-6(7(8)10)5-2-3-11-4-5/h2-4,6,9H,1H3,(H2,8,10). The van der Waals surface area contributed by atoms with Crippen molar-refractivity contribution in [3.05, 3.63) is 22.4 Å². The summed E-state index contributed by atoms with van der Waals surface area (Å²) in [5.41, 5.74) is 6.08. The molecule has 1 atom stereocenters. The van der Waals surface area contributed by atoms with E-state index in [2.05, 4.69) is 5.32 Å². The van der Waals surface area contributed by atoms with Crippen LogP contribution < -0.4 is 11.1 Å². The lowest BCUT2D eigenvalue weighted by atomic mass is 10.1. The second-order valence-corrected chi connectivity index (χ2v) is 2.96. The Kier molecular flexibility index (Phi) is 2.62. The normalized spacial score (nSPS) is 12.8. The van der Waals surface area contributed by atoms with Crippen molar-refractivity contribution in [3.8, 4) is 0 Å². The number of carbonyl (C=O) groups excluding carboxylic acids is 1. The SMILES string of the molecule is CNC(C(N)=O)c1ccsc1. The summed E-state index contributed by atoms with van der Waals surface area (Å²) in [6.07, 6.45) is 0. The lowest BCUT2D eigenvalue weighted by Gasteiger charge is -2.08. The van der Waals surface area contributed by atoms with Crippen LogP contribution in [0.1, 0.15) is 11.6 Å². The van der Waals surface area contributed by atoms with Crippen molar-refractivity contribution in [2.24, 2.45) is 5.73 Å². The molecule has 11 heavy (non-hydrogen) atoms. The van der Waals surface area contributed by atoms with Crippen molar-refractivity contribution in [1.82, 2.24) is 5.32 Å². The van der Waals surface area contributed by atoms with Gasteiger partial charge in [0.2, 0.25) is 5.91 Å². The van der Waals surface area contributed by atoms with Gasteiger partial charge in [-0.05, 0) is 29.4 Å². The highest BCUT2D eigenvalue weighted by Gasteiger charge is 2.14. The molecule has 0 saturated carbocycles. The van der Waals surface area contributed by atoms with E-state index in [1.807, 2.05) is 16.8 Å². The number of hydrogen-bond acceptors (Lipinski definition) is 3. The maximum Gasteiger partial charge on any atom is 0.239 e. The average molecular weight is 170 g/mol. The Labute approximate surface area is 69.2 Å². The third-order valence-corrected chi connectivity index (χ3v) is 2.15. The van der Waals surface area contributed by atoms with Gasteiger partial charge in [-0.25, -0.2) is 0 Å². The second kappa shape index (κ2) is 3.50. The number of nitrogens with one attached hydrogen (secondary N) is 1. The molecule has 1 aromatic heterocycles. The fourth-order valence-corrected chi connectivity index (χ4v) is 1.60. The minimum Gasteiger partial charge on any atom is -0.368 e. The van der Waals surface area contributed by atoms with Crippen LogP contribution in [-0.4, -0.2) is 13.0 Å². The number of rotatable bonds is 3. The van der Waals surface area contributed by atoms with E-state index in [4.69, 9.17) is 5.73 Å². The number of nitrogens with two attached hydrogens (primary N) is 1. The van der Waals surface area contributed by atoms with Crippen LogP contribution in [0.5, 0.6) is 0 Å². The molecule has 3 nitrogen and oxygen atoms in total. The molecule has 1 aromatic rings. The predicted molar refractivity (Wildman–Crippen MR) is 45.3 cm³/mol. The van der Waals surface area contributed by atoms with Crippen molar-refractivity contribution >= 4 is 17.2 Å². The van der Waals surface area contributed by atoms with Crippen LogP contribution in [0.3, 0.4) is 0 Å². The van der Waals surface area contributed by atoms with Crippen molar-refractivity contribution < 1.29 is 4.79 Å². The number of hydrogen-bond donors (Lipinski definition) is 2. The summed E-state index contributed by atoms with van der Waals surface area (Å²) in [6.45, 7) is 0. The summed E-state index contributed by atoms with van der Waals surface area (Å²) in [5, 5.41) is 6.66. The molecule has 0 aromatic carbocycles. The van der Waals surface area contributed by atoms with Gasteiger partial charge >= 0.3 is 0 Å². The molecule has 0 bridgehead atoms. The van der Waals surface area contributed by atoms with Gasteiger partial charge < -0.3 is 11.1 Å². The van der Waals surface area contributed by atoms with Crippen molar-refractivity contribution in [1.29, 1.82) is 0 Å². The van der Waals surface area contributed by atoms with E-state index >= 15 is 0 Å². The maximum absolute atomic E-state index is 10.8. The first kappa shape index (κ1) is 8.23. The van der Waals surface area contributed by atoms with Gasteiger partial charge in [0.1, 0.15) is 6.04 Å². The molecule has 1 unspecified atom stereocenters. The summed E-state index contributed by atoms with van der Waals surface area (Å²) in [4.78, 5) is 10.8. The van der Waals surface area contributed by atoms with Gasteiger partial charge in [-0.15, -0.1) is 0 Å². The second-order valence-electron chi connectivity index (χ2n) is 2.18. The van der Waals surface area contributed by atoms with Gasteiger partial charge in [0, 0.05) is 0 Å². The van der Waals surface area contributed by atoms with E-state index in [-0.39, 0.29) is 11.9 Å². The van der Waals surface area contributed by atoms with Gasteiger partial charge in [0.05, 0.1) is 0 Å². The number of likely N-dealkylation sites (N-methyl/N-ethyl adjacent to an activating group) is 1. The molecular formula is C7H10N2OS. The monoisotopic (exact) mass is 170 g/mol. The molecule has 1 rings (SSSR count). The minimum atomic E-state index is -0.346. The van der Waals surface area contributed by atoms with Gasteiger partial charge in [-0.2, -0.15) is 11.3 Å². The summed E-state index contributed by atoms with van der Waals surface area (Å²) < 4.78 is 0. The van der Waals surface area contributed by atoms with Crippen LogP contribution in [-0.2, 0) is 4.79 Å². The molecule has 0 spiro atoms. The molecular weight excluding hydrogens is 160 g/mol. The Morgan fingerprint density at radius 1 is 1.82 bits per heavy atom. The summed E-state index contributed by atoms with van der Waals surface area (Å²) >= 11 is 1.55. The van der Waals surface area contributed by atoms with Gasteiger partial charge in [0.15, 0.2) is 0 Å². The molecule has 0 fully saturated rings. The molecule has 1 heterocycles. The molecule has 0 aliphatic rings. The Morgan fingerprint density at radius 3 is 2.91 bits per heavy atom. The third kappa shape index (κ3) is 1.78. The smallest absolute Gasteiger partial charge is 0.239 e. The van der Waals surface area contributed by atoms with Crippen LogP contribution in [0, 0.1) is 0 Å². The first-order chi connectivity index (χ1) is 5.25. The highest BCUT2D eigenvalue weighted by molar-refractivity contribution is 7.08. The van der Waals surface area contributed by atoms with Crippen molar-refractivity contribution in [3.63, 3.8) is 0 Å².